The second-order valence-electron chi connectivity index (χ2n) is 13.3. The summed E-state index contributed by atoms with van der Waals surface area (Å²) in [5.41, 5.74) is 0.740. The maximum atomic E-state index is 14.6. The summed E-state index contributed by atoms with van der Waals surface area (Å²) in [6.07, 6.45) is 14.9. The van der Waals surface area contributed by atoms with Crippen molar-refractivity contribution in [2.45, 2.75) is 96.2 Å². The van der Waals surface area contributed by atoms with E-state index in [1.807, 2.05) is 12.1 Å². The van der Waals surface area contributed by atoms with Gasteiger partial charge in [0.1, 0.15) is 5.75 Å². The van der Waals surface area contributed by atoms with Gasteiger partial charge in [0.05, 0.1) is 6.20 Å². The first kappa shape index (κ1) is 31.9. The van der Waals surface area contributed by atoms with Crippen LogP contribution in [0.2, 0.25) is 0 Å². The van der Waals surface area contributed by atoms with Crippen molar-refractivity contribution in [2.24, 2.45) is 23.7 Å². The molecule has 0 amide bonds. The summed E-state index contributed by atoms with van der Waals surface area (Å²) < 4.78 is 20.1. The first-order valence-electron chi connectivity index (χ1n) is 16.9. The van der Waals surface area contributed by atoms with Crippen LogP contribution in [-0.2, 0) is 11.3 Å². The van der Waals surface area contributed by atoms with Crippen molar-refractivity contribution >= 4 is 11.8 Å². The SMILES string of the molecule is CCCC1C[C@@H](CNC[C@H]2CC[C@@H](NC3CCOCC3)CC2)C[C@H](CNc2nc(NCc3ccccc3O)ncc2F)C1. The molecule has 2 aromatic rings. The molecule has 2 heterocycles. The van der Waals surface area contributed by atoms with Crippen molar-refractivity contribution in [3.63, 3.8) is 0 Å². The molecule has 1 saturated heterocycles. The van der Waals surface area contributed by atoms with Crippen molar-refractivity contribution < 1.29 is 14.2 Å². The molecule has 1 unspecified atom stereocenters. The summed E-state index contributed by atoms with van der Waals surface area (Å²) in [6, 6.07) is 8.47. The Morgan fingerprint density at radius 1 is 0.860 bits per heavy atom. The van der Waals surface area contributed by atoms with Crippen LogP contribution in [0.3, 0.4) is 0 Å². The summed E-state index contributed by atoms with van der Waals surface area (Å²) in [6.45, 7) is 7.39. The van der Waals surface area contributed by atoms with Gasteiger partial charge in [-0.25, -0.2) is 9.37 Å². The Balaban J connectivity index is 1.05. The van der Waals surface area contributed by atoms with Gasteiger partial charge >= 0.3 is 0 Å². The molecule has 8 nitrogen and oxygen atoms in total. The number of aromatic hydroxyl groups is 1. The quantitative estimate of drug-likeness (QED) is 0.178. The van der Waals surface area contributed by atoms with Crippen LogP contribution in [0.25, 0.3) is 0 Å². The first-order chi connectivity index (χ1) is 21.1. The van der Waals surface area contributed by atoms with Crippen molar-refractivity contribution in [3.8, 4) is 5.75 Å². The van der Waals surface area contributed by atoms with Gasteiger partial charge in [-0.15, -0.1) is 0 Å². The largest absolute Gasteiger partial charge is 0.508 e. The van der Waals surface area contributed by atoms with E-state index < -0.39 is 5.82 Å². The molecular weight excluding hydrogens is 543 g/mol. The second-order valence-corrected chi connectivity index (χ2v) is 13.3. The number of hydrogen-bond donors (Lipinski definition) is 5. The lowest BCUT2D eigenvalue weighted by atomic mass is 9.73. The minimum Gasteiger partial charge on any atom is -0.508 e. The van der Waals surface area contributed by atoms with Gasteiger partial charge in [-0.3, -0.25) is 0 Å². The number of nitrogens with one attached hydrogen (secondary N) is 4. The average molecular weight is 597 g/mol. The summed E-state index contributed by atoms with van der Waals surface area (Å²) in [4.78, 5) is 8.50. The molecule has 2 aliphatic carbocycles. The van der Waals surface area contributed by atoms with E-state index in [9.17, 15) is 9.50 Å². The lowest BCUT2D eigenvalue weighted by Crippen LogP contribution is -2.44. The Labute approximate surface area is 257 Å². The third kappa shape index (κ3) is 10.0. The van der Waals surface area contributed by atoms with Gasteiger partial charge in [0.15, 0.2) is 11.6 Å². The first-order valence-corrected chi connectivity index (χ1v) is 16.9. The molecule has 5 rings (SSSR count). The zero-order valence-electron chi connectivity index (χ0n) is 26.0. The molecule has 3 aliphatic rings. The summed E-state index contributed by atoms with van der Waals surface area (Å²) in [7, 11) is 0. The molecule has 1 aliphatic heterocycles. The van der Waals surface area contributed by atoms with E-state index in [2.05, 4.69) is 38.2 Å². The van der Waals surface area contributed by atoms with Crippen molar-refractivity contribution in [3.05, 3.63) is 41.8 Å². The highest BCUT2D eigenvalue weighted by Gasteiger charge is 2.29. The molecule has 0 spiro atoms. The Hall–Kier alpha value is -2.49. The summed E-state index contributed by atoms with van der Waals surface area (Å²) >= 11 is 0. The molecule has 1 aromatic carbocycles. The number of phenolic OH excluding ortho intramolecular Hbond substituents is 1. The van der Waals surface area contributed by atoms with Crippen molar-refractivity contribution in [1.82, 2.24) is 20.6 Å². The number of ether oxygens (including phenoxy) is 1. The van der Waals surface area contributed by atoms with Crippen LogP contribution in [0.1, 0.15) is 83.1 Å². The highest BCUT2D eigenvalue weighted by atomic mass is 19.1. The Bertz CT molecular complexity index is 1110. The van der Waals surface area contributed by atoms with Crippen LogP contribution in [0.4, 0.5) is 16.2 Å². The molecule has 43 heavy (non-hydrogen) atoms. The number of nitrogens with zero attached hydrogens (tertiary/aromatic N) is 2. The number of phenols is 1. The monoisotopic (exact) mass is 596 g/mol. The topological polar surface area (TPSA) is 103 Å². The Kier molecular flexibility index (Phi) is 12.3. The second kappa shape index (κ2) is 16.5. The van der Waals surface area contributed by atoms with Gasteiger partial charge in [-0.2, -0.15) is 4.98 Å². The molecular formula is C34H53FN6O2. The van der Waals surface area contributed by atoms with Crippen LogP contribution in [0, 0.1) is 29.5 Å². The molecule has 5 N–H and O–H groups in total. The maximum absolute atomic E-state index is 14.6. The normalized spacial score (nSPS) is 26.7. The lowest BCUT2D eigenvalue weighted by molar-refractivity contribution is 0.0722. The van der Waals surface area contributed by atoms with E-state index in [-0.39, 0.29) is 11.6 Å². The molecule has 3 atom stereocenters. The number of anilines is 2. The number of hydrogen-bond acceptors (Lipinski definition) is 8. The van der Waals surface area contributed by atoms with Crippen LogP contribution in [0.15, 0.2) is 30.5 Å². The minimum atomic E-state index is -0.440. The fraction of sp³-hybridized carbons (Fsp3) is 0.706. The van der Waals surface area contributed by atoms with Gasteiger partial charge in [0, 0.05) is 44.0 Å². The van der Waals surface area contributed by atoms with E-state index in [1.54, 1.807) is 12.1 Å². The van der Waals surface area contributed by atoms with Gasteiger partial charge in [0.25, 0.3) is 0 Å². The predicted molar refractivity (Wildman–Crippen MR) is 171 cm³/mol. The fourth-order valence-electron chi connectivity index (χ4n) is 7.55. The van der Waals surface area contributed by atoms with Crippen LogP contribution >= 0.6 is 0 Å². The zero-order valence-corrected chi connectivity index (χ0v) is 26.0. The van der Waals surface area contributed by atoms with Crippen molar-refractivity contribution in [1.29, 1.82) is 0 Å². The van der Waals surface area contributed by atoms with Crippen LogP contribution in [-0.4, -0.2) is 60.0 Å². The van der Waals surface area contributed by atoms with E-state index in [0.29, 0.717) is 43.0 Å². The van der Waals surface area contributed by atoms with Crippen LogP contribution < -0.4 is 21.3 Å². The van der Waals surface area contributed by atoms with Gasteiger partial charge < -0.3 is 31.1 Å². The third-order valence-electron chi connectivity index (χ3n) is 9.83. The number of halogens is 1. The van der Waals surface area contributed by atoms with E-state index in [0.717, 1.165) is 63.0 Å². The predicted octanol–water partition coefficient (Wildman–Crippen LogP) is 6.09. The average Bonchev–Trinajstić information content (AvgIpc) is 3.02. The molecule has 238 valence electrons. The minimum absolute atomic E-state index is 0.212. The van der Waals surface area contributed by atoms with E-state index in [1.165, 1.54) is 57.6 Å². The molecule has 3 fully saturated rings. The third-order valence-corrected chi connectivity index (χ3v) is 9.83. The highest BCUT2D eigenvalue weighted by Crippen LogP contribution is 2.36. The van der Waals surface area contributed by atoms with Gasteiger partial charge in [-0.1, -0.05) is 38.0 Å². The zero-order chi connectivity index (χ0) is 29.9. The van der Waals surface area contributed by atoms with E-state index >= 15 is 0 Å². The fourth-order valence-corrected chi connectivity index (χ4v) is 7.55. The molecule has 2 saturated carbocycles. The number of rotatable bonds is 14. The number of para-hydroxylation sites is 1. The van der Waals surface area contributed by atoms with Gasteiger partial charge in [-0.05, 0) is 101 Å². The lowest BCUT2D eigenvalue weighted by Gasteiger charge is -2.36. The summed E-state index contributed by atoms with van der Waals surface area (Å²) in [5.74, 6) is 3.03. The molecule has 1 aromatic heterocycles. The summed E-state index contributed by atoms with van der Waals surface area (Å²) in [5, 5.41) is 24.2. The molecule has 0 bridgehead atoms. The smallest absolute Gasteiger partial charge is 0.225 e. The van der Waals surface area contributed by atoms with E-state index in [4.69, 9.17) is 4.74 Å². The molecule has 9 heteroatoms. The molecule has 0 radical (unpaired) electrons. The van der Waals surface area contributed by atoms with Gasteiger partial charge in [0.2, 0.25) is 5.95 Å². The Morgan fingerprint density at radius 3 is 2.33 bits per heavy atom. The number of benzene rings is 1. The maximum Gasteiger partial charge on any atom is 0.225 e. The van der Waals surface area contributed by atoms with Crippen molar-refractivity contribution in [2.75, 3.05) is 43.5 Å². The number of aromatic nitrogens is 2. The standard InChI is InChI=1S/C34H53FN6O2/c1-2-5-25-16-26(20-36-19-24-8-10-29(11-9-24)40-30-12-14-43-15-13-30)18-27(17-25)21-37-33-31(35)23-39-34(41-33)38-22-28-6-3-4-7-32(28)42/h3-4,6-7,23-27,29-30,36,40,42H,2,5,8-22H2,1H3,(H2,37,38,39,41)/t24-,25?,26-,27-,29+/m1/s1. The Morgan fingerprint density at radius 2 is 1.56 bits per heavy atom. The highest BCUT2D eigenvalue weighted by molar-refractivity contribution is 5.42. The van der Waals surface area contributed by atoms with Crippen LogP contribution in [0.5, 0.6) is 5.75 Å².